The molecule has 0 radical (unpaired) electrons. The van der Waals surface area contributed by atoms with Crippen LogP contribution in [0.15, 0.2) is 28.7 Å². The van der Waals surface area contributed by atoms with Gasteiger partial charge in [-0.3, -0.25) is 14.8 Å². The molecule has 1 unspecified atom stereocenters. The van der Waals surface area contributed by atoms with Crippen molar-refractivity contribution in [3.63, 3.8) is 0 Å². The Kier molecular flexibility index (Phi) is 4.82. The van der Waals surface area contributed by atoms with Crippen molar-refractivity contribution in [3.8, 4) is 0 Å². The van der Waals surface area contributed by atoms with Gasteiger partial charge in [-0.05, 0) is 44.9 Å². The van der Waals surface area contributed by atoms with E-state index < -0.39 is 0 Å². The smallest absolute Gasteiger partial charge is 0.238 e. The van der Waals surface area contributed by atoms with E-state index in [0.717, 1.165) is 40.9 Å². The van der Waals surface area contributed by atoms with Crippen LogP contribution in [0, 0.1) is 13.8 Å². The summed E-state index contributed by atoms with van der Waals surface area (Å²) in [6.45, 7) is 5.15. The molecule has 1 saturated heterocycles. The first-order chi connectivity index (χ1) is 11.1. The molecule has 1 amide bonds. The molecular formula is C17H21BrN4O. The largest absolute Gasteiger partial charge is 0.322 e. The van der Waals surface area contributed by atoms with Gasteiger partial charge in [-0.1, -0.05) is 34.1 Å². The van der Waals surface area contributed by atoms with E-state index in [1.54, 1.807) is 0 Å². The predicted molar refractivity (Wildman–Crippen MR) is 94.4 cm³/mol. The van der Waals surface area contributed by atoms with Crippen LogP contribution >= 0.6 is 15.9 Å². The highest BCUT2D eigenvalue weighted by molar-refractivity contribution is 9.10. The van der Waals surface area contributed by atoms with Gasteiger partial charge in [0.2, 0.25) is 5.91 Å². The third-order valence-corrected chi connectivity index (χ3v) is 5.09. The highest BCUT2D eigenvalue weighted by atomic mass is 79.9. The molecule has 5 nitrogen and oxygen atoms in total. The van der Waals surface area contributed by atoms with Crippen molar-refractivity contribution in [2.75, 3.05) is 18.4 Å². The van der Waals surface area contributed by atoms with Crippen molar-refractivity contribution in [2.45, 2.75) is 32.7 Å². The molecule has 6 heteroatoms. The number of carbonyl (C=O) groups is 1. The third-order valence-electron chi connectivity index (χ3n) is 4.37. The lowest BCUT2D eigenvalue weighted by molar-refractivity contribution is -0.117. The minimum atomic E-state index is 0.0107. The first kappa shape index (κ1) is 16.2. The number of hydrogen-bond donors (Lipinski definition) is 2. The maximum Gasteiger partial charge on any atom is 0.238 e. The Labute approximate surface area is 144 Å². The highest BCUT2D eigenvalue weighted by Crippen LogP contribution is 2.35. The van der Waals surface area contributed by atoms with Crippen molar-refractivity contribution in [2.24, 2.45) is 0 Å². The van der Waals surface area contributed by atoms with Crippen LogP contribution < -0.4 is 5.32 Å². The van der Waals surface area contributed by atoms with E-state index in [4.69, 9.17) is 0 Å². The first-order valence-corrected chi connectivity index (χ1v) is 8.65. The molecule has 1 fully saturated rings. The van der Waals surface area contributed by atoms with Crippen molar-refractivity contribution in [3.05, 3.63) is 45.7 Å². The van der Waals surface area contributed by atoms with Gasteiger partial charge in [0.05, 0.1) is 23.6 Å². The number of nitrogens with one attached hydrogen (secondary N) is 2. The number of aryl methyl sites for hydroxylation is 2. The van der Waals surface area contributed by atoms with Crippen molar-refractivity contribution >= 4 is 27.5 Å². The van der Waals surface area contributed by atoms with Crippen molar-refractivity contribution in [1.82, 2.24) is 15.1 Å². The lowest BCUT2D eigenvalue weighted by atomic mass is 10.0. The second-order valence-electron chi connectivity index (χ2n) is 6.01. The summed E-state index contributed by atoms with van der Waals surface area (Å²) >= 11 is 3.63. The normalized spacial score (nSPS) is 18.3. The molecule has 1 atom stereocenters. The summed E-state index contributed by atoms with van der Waals surface area (Å²) in [5, 5.41) is 10.00. The summed E-state index contributed by atoms with van der Waals surface area (Å²) in [4.78, 5) is 14.7. The lowest BCUT2D eigenvalue weighted by Gasteiger charge is -2.25. The zero-order chi connectivity index (χ0) is 16.4. The molecule has 3 rings (SSSR count). The van der Waals surface area contributed by atoms with Crippen LogP contribution in [0.3, 0.4) is 0 Å². The zero-order valence-corrected chi connectivity index (χ0v) is 15.0. The van der Waals surface area contributed by atoms with Crippen LogP contribution in [-0.2, 0) is 4.79 Å². The average molecular weight is 377 g/mol. The quantitative estimate of drug-likeness (QED) is 0.857. The van der Waals surface area contributed by atoms with Gasteiger partial charge in [0.15, 0.2) is 0 Å². The van der Waals surface area contributed by atoms with Crippen LogP contribution in [0.2, 0.25) is 0 Å². The Bertz CT molecular complexity index is 693. The molecule has 0 bridgehead atoms. The number of anilines is 1. The molecule has 1 aromatic heterocycles. The Morgan fingerprint density at radius 2 is 2.22 bits per heavy atom. The lowest BCUT2D eigenvalue weighted by Crippen LogP contribution is -2.33. The minimum Gasteiger partial charge on any atom is -0.322 e. The minimum absolute atomic E-state index is 0.0107. The van der Waals surface area contributed by atoms with Crippen LogP contribution in [0.25, 0.3) is 0 Å². The molecule has 0 aliphatic carbocycles. The summed E-state index contributed by atoms with van der Waals surface area (Å²) in [5.74, 6) is 0.0107. The number of H-pyrrole nitrogens is 1. The first-order valence-electron chi connectivity index (χ1n) is 7.86. The summed E-state index contributed by atoms with van der Waals surface area (Å²) in [6.07, 6.45) is 2.20. The fourth-order valence-corrected chi connectivity index (χ4v) is 3.76. The second kappa shape index (κ2) is 6.84. The summed E-state index contributed by atoms with van der Waals surface area (Å²) < 4.78 is 1.11. The number of halogens is 1. The van der Waals surface area contributed by atoms with Gasteiger partial charge in [-0.2, -0.15) is 5.10 Å². The van der Waals surface area contributed by atoms with Gasteiger partial charge in [-0.15, -0.1) is 0 Å². The third kappa shape index (κ3) is 3.48. The molecule has 2 heterocycles. The highest BCUT2D eigenvalue weighted by Gasteiger charge is 2.29. The Balaban J connectivity index is 1.69. The number of amides is 1. The van der Waals surface area contributed by atoms with Crippen molar-refractivity contribution < 1.29 is 4.79 Å². The monoisotopic (exact) mass is 376 g/mol. The van der Waals surface area contributed by atoms with Crippen LogP contribution in [0.4, 0.5) is 5.69 Å². The van der Waals surface area contributed by atoms with Gasteiger partial charge in [0.1, 0.15) is 0 Å². The molecule has 2 N–H and O–H groups in total. The number of likely N-dealkylation sites (tertiary alicyclic amines) is 1. The van der Waals surface area contributed by atoms with E-state index in [1.165, 1.54) is 5.56 Å². The molecule has 1 aliphatic rings. The van der Waals surface area contributed by atoms with E-state index >= 15 is 0 Å². The fraction of sp³-hybridized carbons (Fsp3) is 0.412. The van der Waals surface area contributed by atoms with E-state index in [0.29, 0.717) is 12.6 Å². The molecule has 23 heavy (non-hydrogen) atoms. The second-order valence-corrected chi connectivity index (χ2v) is 6.86. The Morgan fingerprint density at radius 3 is 2.91 bits per heavy atom. The maximum atomic E-state index is 12.4. The van der Waals surface area contributed by atoms with Gasteiger partial charge < -0.3 is 5.32 Å². The number of benzene rings is 1. The molecule has 0 spiro atoms. The number of aromatic nitrogens is 2. The average Bonchev–Trinajstić information content (AvgIpc) is 3.09. The van der Waals surface area contributed by atoms with Crippen LogP contribution in [0.5, 0.6) is 0 Å². The van der Waals surface area contributed by atoms with Crippen LogP contribution in [-0.4, -0.2) is 34.1 Å². The van der Waals surface area contributed by atoms with Gasteiger partial charge in [-0.25, -0.2) is 0 Å². The predicted octanol–water partition coefficient (Wildman–Crippen LogP) is 3.56. The maximum absolute atomic E-state index is 12.4. The van der Waals surface area contributed by atoms with Gasteiger partial charge in [0, 0.05) is 10.5 Å². The van der Waals surface area contributed by atoms with Crippen LogP contribution in [0.1, 0.15) is 35.8 Å². The number of nitrogens with zero attached hydrogens (tertiary/aromatic N) is 2. The van der Waals surface area contributed by atoms with Gasteiger partial charge >= 0.3 is 0 Å². The summed E-state index contributed by atoms with van der Waals surface area (Å²) in [5.41, 5.74) is 3.76. The fourth-order valence-electron chi connectivity index (χ4n) is 3.21. The molecule has 2 aromatic rings. The molecule has 1 aliphatic heterocycles. The Hall–Kier alpha value is -1.66. The van der Waals surface area contributed by atoms with E-state index in [1.807, 2.05) is 19.9 Å². The SMILES string of the molecule is Cc1n[nH]c(C)c1NC(=O)CN1CCCC1c1ccccc1Br. The molecule has 1 aromatic carbocycles. The number of hydrogen-bond acceptors (Lipinski definition) is 3. The number of rotatable bonds is 4. The molecule has 122 valence electrons. The van der Waals surface area contributed by atoms with Crippen molar-refractivity contribution in [1.29, 1.82) is 0 Å². The van der Waals surface area contributed by atoms with Gasteiger partial charge in [0.25, 0.3) is 0 Å². The Morgan fingerprint density at radius 1 is 1.43 bits per heavy atom. The summed E-state index contributed by atoms with van der Waals surface area (Å²) in [7, 11) is 0. The summed E-state index contributed by atoms with van der Waals surface area (Å²) in [6, 6.07) is 8.56. The van der Waals surface area contributed by atoms with E-state index in [2.05, 4.69) is 54.5 Å². The molecule has 0 saturated carbocycles. The number of carbonyl (C=O) groups excluding carboxylic acids is 1. The standard InChI is InChI=1S/C17H21BrN4O/c1-11-17(12(2)21-20-11)19-16(23)10-22-9-5-8-15(22)13-6-3-4-7-14(13)18/h3-4,6-7,15H,5,8-10H2,1-2H3,(H,19,23)(H,20,21). The van der Waals surface area contributed by atoms with E-state index in [-0.39, 0.29) is 5.91 Å². The van der Waals surface area contributed by atoms with E-state index in [9.17, 15) is 4.79 Å². The number of aromatic amines is 1. The zero-order valence-electron chi connectivity index (χ0n) is 13.4. The topological polar surface area (TPSA) is 61.0 Å². The molecular weight excluding hydrogens is 356 g/mol.